The molecule has 8 heteroatoms. The number of methoxy groups -OCH3 is 1. The number of nitrogens with two attached hydrogens (primary N) is 1. The van der Waals surface area contributed by atoms with E-state index in [1.807, 2.05) is 52.0 Å². The van der Waals surface area contributed by atoms with Gasteiger partial charge >= 0.3 is 0 Å². The van der Waals surface area contributed by atoms with E-state index < -0.39 is 5.54 Å². The quantitative estimate of drug-likeness (QED) is 0.607. The van der Waals surface area contributed by atoms with Crippen molar-refractivity contribution in [3.63, 3.8) is 0 Å². The number of ether oxygens (including phenoxy) is 2. The molecule has 1 aromatic rings. The van der Waals surface area contributed by atoms with E-state index in [4.69, 9.17) is 15.2 Å². The molecule has 1 saturated carbocycles. The molecule has 8 nitrogen and oxygen atoms in total. The van der Waals surface area contributed by atoms with Crippen molar-refractivity contribution in [1.82, 2.24) is 10.2 Å². The lowest BCUT2D eigenvalue weighted by Gasteiger charge is -2.39. The van der Waals surface area contributed by atoms with Crippen LogP contribution in [0.5, 0.6) is 5.75 Å². The number of fused-ring (bicyclic) bond motifs is 1. The van der Waals surface area contributed by atoms with E-state index in [1.54, 1.807) is 12.0 Å². The highest BCUT2D eigenvalue weighted by molar-refractivity contribution is 5.99. The zero-order chi connectivity index (χ0) is 24.7. The third-order valence-corrected chi connectivity index (χ3v) is 7.51. The fourth-order valence-electron chi connectivity index (χ4n) is 5.39. The monoisotopic (exact) mass is 470 g/mol. The molecule has 5 atom stereocenters. The molecule has 0 unspecified atom stereocenters. The van der Waals surface area contributed by atoms with Crippen LogP contribution in [0.4, 0.5) is 0 Å². The summed E-state index contributed by atoms with van der Waals surface area (Å²) >= 11 is 0. The van der Waals surface area contributed by atoms with Crippen molar-refractivity contribution in [2.75, 3.05) is 13.7 Å². The number of rotatable bonds is 8. The summed E-state index contributed by atoms with van der Waals surface area (Å²) in [6.07, 6.45) is 3.10. The lowest BCUT2D eigenvalue weighted by molar-refractivity contribution is -0.132. The largest absolute Gasteiger partial charge is 0.487 e. The summed E-state index contributed by atoms with van der Waals surface area (Å²) < 4.78 is 11.4. The van der Waals surface area contributed by atoms with Crippen molar-refractivity contribution in [2.24, 2.45) is 22.6 Å². The minimum atomic E-state index is -0.465. The van der Waals surface area contributed by atoms with E-state index in [0.717, 1.165) is 24.2 Å². The van der Waals surface area contributed by atoms with Gasteiger partial charge in [-0.25, -0.2) is 4.99 Å². The van der Waals surface area contributed by atoms with E-state index in [1.165, 1.54) is 0 Å². The zero-order valence-electron chi connectivity index (χ0n) is 21.0. The highest BCUT2D eigenvalue weighted by Gasteiger charge is 2.52. The Morgan fingerprint density at radius 2 is 2.09 bits per heavy atom. The minimum Gasteiger partial charge on any atom is -0.487 e. The predicted molar refractivity (Wildman–Crippen MR) is 130 cm³/mol. The number of aliphatic imine (C=N–C) groups is 1. The van der Waals surface area contributed by atoms with Gasteiger partial charge in [-0.1, -0.05) is 25.1 Å². The van der Waals surface area contributed by atoms with E-state index in [-0.39, 0.29) is 47.3 Å². The number of nitrogens with zero attached hydrogens (tertiary/aromatic N) is 2. The van der Waals surface area contributed by atoms with Crippen LogP contribution in [0, 0.1) is 11.8 Å². The molecule has 1 fully saturated rings. The van der Waals surface area contributed by atoms with Crippen LogP contribution in [0.15, 0.2) is 29.3 Å². The second kappa shape index (κ2) is 9.21. The number of guanidine groups is 1. The maximum Gasteiger partial charge on any atom is 0.231 e. The fourth-order valence-corrected chi connectivity index (χ4v) is 5.39. The van der Waals surface area contributed by atoms with Crippen LogP contribution in [0.2, 0.25) is 0 Å². The van der Waals surface area contributed by atoms with Gasteiger partial charge in [-0.15, -0.1) is 0 Å². The Morgan fingerprint density at radius 1 is 1.35 bits per heavy atom. The van der Waals surface area contributed by atoms with Gasteiger partial charge < -0.3 is 20.5 Å². The molecule has 0 bridgehead atoms. The average Bonchev–Trinajstić information content (AvgIpc) is 3.55. The summed E-state index contributed by atoms with van der Waals surface area (Å²) in [5, 5.41) is 3.27. The first-order valence-electron chi connectivity index (χ1n) is 12.3. The van der Waals surface area contributed by atoms with Crippen LogP contribution in [-0.2, 0) is 14.3 Å². The summed E-state index contributed by atoms with van der Waals surface area (Å²) in [6, 6.07) is 7.56. The third kappa shape index (κ3) is 4.92. The van der Waals surface area contributed by atoms with Gasteiger partial charge in [0.2, 0.25) is 11.8 Å². The molecule has 2 aliphatic heterocycles. The normalized spacial score (nSPS) is 30.6. The smallest absolute Gasteiger partial charge is 0.231 e. The Balaban J connectivity index is 1.49. The molecule has 2 amide bonds. The molecule has 0 spiro atoms. The maximum atomic E-state index is 13.3. The highest BCUT2D eigenvalue weighted by Crippen LogP contribution is 2.47. The van der Waals surface area contributed by atoms with Gasteiger partial charge in [0.1, 0.15) is 11.4 Å². The standard InChI is InChI=1S/C26H38N4O4/c1-6-26(4)15-22(31)30(24(27)29-26)20(11-12-33-5)17-13-18(17)23(32)28-19-14-25(2,3)34-21-10-8-7-9-16(19)21/h7-10,17-20H,6,11-15H2,1-5H3,(H2,27,29)(H,28,32)/t17-,18-,19-,20+,26-/m0/s1. The molecular formula is C26H38N4O4. The first kappa shape index (κ1) is 24.5. The first-order valence-corrected chi connectivity index (χ1v) is 12.3. The Kier molecular flexibility index (Phi) is 6.64. The van der Waals surface area contributed by atoms with Crippen LogP contribution in [-0.4, -0.2) is 53.6 Å². The Morgan fingerprint density at radius 3 is 2.76 bits per heavy atom. The van der Waals surface area contributed by atoms with E-state index >= 15 is 0 Å². The van der Waals surface area contributed by atoms with Gasteiger partial charge in [-0.3, -0.25) is 14.5 Å². The Labute approximate surface area is 202 Å². The lowest BCUT2D eigenvalue weighted by atomic mass is 9.89. The van der Waals surface area contributed by atoms with Crippen LogP contribution in [0.25, 0.3) is 0 Å². The molecule has 3 aliphatic rings. The Hall–Kier alpha value is -2.61. The maximum absolute atomic E-state index is 13.3. The van der Waals surface area contributed by atoms with Crippen molar-refractivity contribution in [2.45, 2.75) is 83.0 Å². The van der Waals surface area contributed by atoms with Crippen molar-refractivity contribution in [3.8, 4) is 5.75 Å². The van der Waals surface area contributed by atoms with Gasteiger partial charge in [0, 0.05) is 37.7 Å². The van der Waals surface area contributed by atoms with E-state index in [2.05, 4.69) is 10.3 Å². The predicted octanol–water partition coefficient (Wildman–Crippen LogP) is 3.16. The number of benzene rings is 1. The van der Waals surface area contributed by atoms with Crippen molar-refractivity contribution < 1.29 is 19.1 Å². The molecule has 0 radical (unpaired) electrons. The highest BCUT2D eigenvalue weighted by atomic mass is 16.5. The molecule has 4 rings (SSSR count). The minimum absolute atomic E-state index is 0.0169. The van der Waals surface area contributed by atoms with Gasteiger partial charge in [0.15, 0.2) is 5.96 Å². The summed E-state index contributed by atoms with van der Waals surface area (Å²) in [5.41, 5.74) is 6.48. The lowest BCUT2D eigenvalue weighted by Crippen LogP contribution is -2.56. The van der Waals surface area contributed by atoms with Crippen LogP contribution in [0.3, 0.4) is 0 Å². The van der Waals surface area contributed by atoms with Gasteiger partial charge in [0.25, 0.3) is 0 Å². The number of nitrogens with one attached hydrogen (secondary N) is 1. The molecule has 3 N–H and O–H groups in total. The van der Waals surface area contributed by atoms with Crippen LogP contribution >= 0.6 is 0 Å². The molecule has 0 aromatic heterocycles. The number of hydrogen-bond acceptors (Lipinski definition) is 6. The SMILES string of the molecule is CC[C@@]1(C)CC(=O)N([C@H](CCOC)[C@H]2C[C@@H]2C(=O)N[C@H]2CC(C)(C)Oc3ccccc32)C(N)=N1. The zero-order valence-corrected chi connectivity index (χ0v) is 21.0. The topological polar surface area (TPSA) is 106 Å². The number of para-hydroxylation sites is 1. The van der Waals surface area contributed by atoms with Crippen molar-refractivity contribution >= 4 is 17.8 Å². The molecule has 1 aliphatic carbocycles. The van der Waals surface area contributed by atoms with Gasteiger partial charge in [-0.2, -0.15) is 0 Å². The average molecular weight is 471 g/mol. The number of amides is 2. The third-order valence-electron chi connectivity index (χ3n) is 7.51. The molecule has 34 heavy (non-hydrogen) atoms. The second-order valence-electron chi connectivity index (χ2n) is 10.8. The number of carbonyl (C=O) groups excluding carboxylic acids is 2. The van der Waals surface area contributed by atoms with Gasteiger partial charge in [-0.05, 0) is 52.0 Å². The molecule has 186 valence electrons. The van der Waals surface area contributed by atoms with E-state index in [0.29, 0.717) is 25.9 Å². The second-order valence-corrected chi connectivity index (χ2v) is 10.8. The molecular weight excluding hydrogens is 432 g/mol. The molecule has 1 aromatic carbocycles. The van der Waals surface area contributed by atoms with Crippen LogP contribution < -0.4 is 15.8 Å². The van der Waals surface area contributed by atoms with E-state index in [9.17, 15) is 9.59 Å². The number of hydrogen-bond donors (Lipinski definition) is 2. The summed E-state index contributed by atoms with van der Waals surface area (Å²) in [6.45, 7) is 8.53. The first-order chi connectivity index (χ1) is 16.1. The molecule has 0 saturated heterocycles. The van der Waals surface area contributed by atoms with Crippen LogP contribution in [0.1, 0.15) is 71.4 Å². The Bertz CT molecular complexity index is 977. The van der Waals surface area contributed by atoms with Crippen molar-refractivity contribution in [3.05, 3.63) is 29.8 Å². The number of carbonyl (C=O) groups is 2. The van der Waals surface area contributed by atoms with Gasteiger partial charge in [0.05, 0.1) is 18.0 Å². The van der Waals surface area contributed by atoms with Crippen molar-refractivity contribution in [1.29, 1.82) is 0 Å². The summed E-state index contributed by atoms with van der Waals surface area (Å²) in [5.74, 6) is 0.929. The summed E-state index contributed by atoms with van der Waals surface area (Å²) in [4.78, 5) is 32.7. The summed E-state index contributed by atoms with van der Waals surface area (Å²) in [7, 11) is 1.64. The fraction of sp³-hybridized carbons (Fsp3) is 0.654. The molecule has 2 heterocycles.